The number of aromatic nitrogens is 2. The Balaban J connectivity index is 2.32. The number of hydrogen-bond donors (Lipinski definition) is 3. The van der Waals surface area contributed by atoms with Gasteiger partial charge in [-0.2, -0.15) is 0 Å². The third-order valence-corrected chi connectivity index (χ3v) is 3.15. The molecule has 9 nitrogen and oxygen atoms in total. The van der Waals surface area contributed by atoms with Crippen LogP contribution in [0.1, 0.15) is 15.2 Å². The number of nitrogen functional groups attached to an aromatic ring is 1. The zero-order chi connectivity index (χ0) is 14.7. The molecule has 10 heteroatoms. The van der Waals surface area contributed by atoms with Crippen LogP contribution in [-0.4, -0.2) is 20.8 Å². The second-order valence-electron chi connectivity index (χ2n) is 3.72. The van der Waals surface area contributed by atoms with Crippen molar-refractivity contribution in [2.75, 3.05) is 10.7 Å². The van der Waals surface area contributed by atoms with Gasteiger partial charge in [0, 0.05) is 11.1 Å². The van der Waals surface area contributed by atoms with E-state index in [1.54, 1.807) is 6.20 Å². The van der Waals surface area contributed by atoms with Crippen LogP contribution in [0.2, 0.25) is 0 Å². The first-order chi connectivity index (χ1) is 9.51. The lowest BCUT2D eigenvalue weighted by Gasteiger charge is -2.06. The molecule has 0 saturated heterocycles. The van der Waals surface area contributed by atoms with E-state index in [2.05, 4.69) is 20.7 Å². The lowest BCUT2D eigenvalue weighted by atomic mass is 10.2. The second-order valence-corrected chi connectivity index (χ2v) is 4.95. The fraction of sp³-hybridized carbons (Fsp3) is 0.100. The van der Waals surface area contributed by atoms with Crippen LogP contribution in [0.25, 0.3) is 0 Å². The van der Waals surface area contributed by atoms with Gasteiger partial charge in [-0.15, -0.1) is 11.3 Å². The normalized spacial score (nSPS) is 10.1. The Morgan fingerprint density at radius 1 is 1.45 bits per heavy atom. The van der Waals surface area contributed by atoms with Crippen molar-refractivity contribution < 1.29 is 9.72 Å². The fourth-order valence-corrected chi connectivity index (χ4v) is 2.08. The molecule has 0 unspecified atom stereocenters. The van der Waals surface area contributed by atoms with Crippen molar-refractivity contribution in [3.8, 4) is 0 Å². The minimum absolute atomic E-state index is 0.0158. The third-order valence-electron chi connectivity index (χ3n) is 2.32. The molecule has 0 aliphatic heterocycles. The van der Waals surface area contributed by atoms with Crippen LogP contribution in [0.5, 0.6) is 0 Å². The first-order valence-corrected chi connectivity index (χ1v) is 6.17. The van der Waals surface area contributed by atoms with Gasteiger partial charge in [0.15, 0.2) is 11.3 Å². The van der Waals surface area contributed by atoms with Crippen LogP contribution in [0.4, 0.5) is 16.6 Å². The Labute approximate surface area is 117 Å². The van der Waals surface area contributed by atoms with Crippen LogP contribution in [-0.2, 0) is 0 Å². The highest BCUT2D eigenvalue weighted by Crippen LogP contribution is 2.22. The number of hydrazine groups is 1. The molecule has 0 spiro atoms. The highest BCUT2D eigenvalue weighted by Gasteiger charge is 2.19. The second kappa shape index (κ2) is 5.59. The molecule has 2 aromatic rings. The van der Waals surface area contributed by atoms with E-state index in [1.807, 2.05) is 6.92 Å². The third kappa shape index (κ3) is 2.87. The summed E-state index contributed by atoms with van der Waals surface area (Å²) >= 11 is 1.29. The summed E-state index contributed by atoms with van der Waals surface area (Å²) in [5.41, 5.74) is 2.47. The average Bonchev–Trinajstić information content (AvgIpc) is 2.83. The molecule has 0 aromatic carbocycles. The summed E-state index contributed by atoms with van der Waals surface area (Å²) in [7, 11) is 0. The summed E-state index contributed by atoms with van der Waals surface area (Å²) in [5, 5.41) is 13.6. The SMILES string of the molecule is Cc1cnc(NC(=O)c2cc([N+](=O)[O-])ncc2NN)s1. The van der Waals surface area contributed by atoms with Crippen LogP contribution < -0.4 is 16.6 Å². The van der Waals surface area contributed by atoms with Crippen molar-refractivity contribution in [3.63, 3.8) is 0 Å². The van der Waals surface area contributed by atoms with E-state index in [4.69, 9.17) is 5.84 Å². The zero-order valence-corrected chi connectivity index (χ0v) is 11.1. The molecule has 2 rings (SSSR count). The zero-order valence-electron chi connectivity index (χ0n) is 10.3. The molecule has 0 saturated carbocycles. The Morgan fingerprint density at radius 2 is 2.20 bits per heavy atom. The standard InChI is InChI=1S/C10H10N6O3S/c1-5-3-13-10(20-5)14-9(17)6-2-8(16(18)19)12-4-7(6)15-11/h2-4,15H,11H2,1H3,(H,13,14,17). The first kappa shape index (κ1) is 13.8. The number of anilines is 2. The molecule has 1 amide bonds. The van der Waals surface area contributed by atoms with E-state index in [1.165, 1.54) is 11.3 Å². The van der Waals surface area contributed by atoms with Gasteiger partial charge < -0.3 is 15.5 Å². The molecule has 0 atom stereocenters. The van der Waals surface area contributed by atoms with E-state index in [9.17, 15) is 14.9 Å². The van der Waals surface area contributed by atoms with Gasteiger partial charge >= 0.3 is 5.82 Å². The molecule has 2 heterocycles. The van der Waals surface area contributed by atoms with Crippen molar-refractivity contribution in [2.45, 2.75) is 6.92 Å². The highest BCUT2D eigenvalue weighted by molar-refractivity contribution is 7.15. The molecule has 0 aliphatic rings. The predicted octanol–water partition coefficient (Wildman–Crippen LogP) is 1.29. The fourth-order valence-electron chi connectivity index (χ4n) is 1.42. The van der Waals surface area contributed by atoms with E-state index >= 15 is 0 Å². The quantitative estimate of drug-likeness (QED) is 0.439. The average molecular weight is 294 g/mol. The maximum atomic E-state index is 12.1. The molecule has 20 heavy (non-hydrogen) atoms. The molecular weight excluding hydrogens is 284 g/mol. The number of amides is 1. The molecule has 2 aromatic heterocycles. The van der Waals surface area contributed by atoms with Crippen LogP contribution in [0.3, 0.4) is 0 Å². The number of aryl methyl sites for hydroxylation is 1. The number of rotatable bonds is 4. The molecule has 0 radical (unpaired) electrons. The van der Waals surface area contributed by atoms with Crippen LogP contribution in [0, 0.1) is 17.0 Å². The number of carbonyl (C=O) groups is 1. The molecule has 0 aliphatic carbocycles. The number of thiazole rings is 1. The van der Waals surface area contributed by atoms with E-state index in [0.29, 0.717) is 5.13 Å². The van der Waals surface area contributed by atoms with Crippen LogP contribution in [0.15, 0.2) is 18.5 Å². The summed E-state index contributed by atoms with van der Waals surface area (Å²) < 4.78 is 0. The summed E-state index contributed by atoms with van der Waals surface area (Å²) in [4.78, 5) is 30.6. The van der Waals surface area contributed by atoms with Gasteiger partial charge in [-0.05, 0) is 16.8 Å². The highest BCUT2D eigenvalue weighted by atomic mass is 32.1. The van der Waals surface area contributed by atoms with Crippen molar-refractivity contribution >= 4 is 33.9 Å². The van der Waals surface area contributed by atoms with E-state index in [-0.39, 0.29) is 11.3 Å². The van der Waals surface area contributed by atoms with E-state index in [0.717, 1.165) is 17.1 Å². The Hall–Kier alpha value is -2.59. The number of nitro groups is 1. The number of pyridine rings is 1. The van der Waals surface area contributed by atoms with Crippen molar-refractivity contribution in [3.05, 3.63) is 39.0 Å². The van der Waals surface area contributed by atoms with Gasteiger partial charge in [0.1, 0.15) is 5.69 Å². The minimum Gasteiger partial charge on any atom is -0.358 e. The molecule has 104 valence electrons. The number of nitrogens with zero attached hydrogens (tertiary/aromatic N) is 3. The molecular formula is C10H10N6O3S. The van der Waals surface area contributed by atoms with Gasteiger partial charge in [-0.1, -0.05) is 0 Å². The van der Waals surface area contributed by atoms with Gasteiger partial charge in [-0.25, -0.2) is 4.98 Å². The van der Waals surface area contributed by atoms with Crippen LogP contribution >= 0.6 is 11.3 Å². The summed E-state index contributed by atoms with van der Waals surface area (Å²) in [6, 6.07) is 1.05. The van der Waals surface area contributed by atoms with E-state index < -0.39 is 16.6 Å². The minimum atomic E-state index is -0.690. The molecule has 0 bridgehead atoms. The molecule has 0 fully saturated rings. The van der Waals surface area contributed by atoms with Gasteiger partial charge in [0.05, 0.1) is 11.6 Å². The lowest BCUT2D eigenvalue weighted by Crippen LogP contribution is -2.18. The number of hydrogen-bond acceptors (Lipinski definition) is 8. The maximum absolute atomic E-state index is 12.1. The van der Waals surface area contributed by atoms with Crippen molar-refractivity contribution in [2.24, 2.45) is 5.84 Å². The number of carbonyl (C=O) groups excluding carboxylic acids is 1. The predicted molar refractivity (Wildman–Crippen MR) is 73.5 cm³/mol. The Morgan fingerprint density at radius 3 is 2.75 bits per heavy atom. The number of nitrogens with one attached hydrogen (secondary N) is 2. The smallest absolute Gasteiger partial charge is 0.358 e. The first-order valence-electron chi connectivity index (χ1n) is 5.36. The molecule has 4 N–H and O–H groups in total. The summed E-state index contributed by atoms with van der Waals surface area (Å²) in [6.45, 7) is 1.84. The monoisotopic (exact) mass is 294 g/mol. The summed E-state index contributed by atoms with van der Waals surface area (Å²) in [6.07, 6.45) is 2.73. The van der Waals surface area contributed by atoms with Crippen molar-refractivity contribution in [1.82, 2.24) is 9.97 Å². The van der Waals surface area contributed by atoms with Gasteiger partial charge in [0.2, 0.25) is 0 Å². The maximum Gasteiger partial charge on any atom is 0.364 e. The topological polar surface area (TPSA) is 136 Å². The summed E-state index contributed by atoms with van der Waals surface area (Å²) in [5.74, 6) is 4.26. The van der Waals surface area contributed by atoms with Gasteiger partial charge in [-0.3, -0.25) is 16.0 Å². The number of nitrogens with two attached hydrogens (primary N) is 1. The lowest BCUT2D eigenvalue weighted by molar-refractivity contribution is -0.389. The van der Waals surface area contributed by atoms with Crippen molar-refractivity contribution in [1.29, 1.82) is 0 Å². The van der Waals surface area contributed by atoms with Gasteiger partial charge in [0.25, 0.3) is 5.91 Å². The Bertz CT molecular complexity index is 671. The Kier molecular flexibility index (Phi) is 3.86. The largest absolute Gasteiger partial charge is 0.364 e.